The van der Waals surface area contributed by atoms with Gasteiger partial charge in [-0.25, -0.2) is 5.43 Å². The van der Waals surface area contributed by atoms with Crippen molar-refractivity contribution in [2.24, 2.45) is 28.2 Å². The highest BCUT2D eigenvalue weighted by atomic mass is 16.4. The molecule has 0 aromatic heterocycles. The van der Waals surface area contributed by atoms with Crippen molar-refractivity contribution in [2.75, 3.05) is 6.54 Å². The topological polar surface area (TPSA) is 140 Å². The third kappa shape index (κ3) is 6.69. The van der Waals surface area contributed by atoms with E-state index in [0.717, 1.165) is 6.42 Å². The Morgan fingerprint density at radius 1 is 1.53 bits per heavy atom. The van der Waals surface area contributed by atoms with Gasteiger partial charge in [-0.05, 0) is 18.8 Å². The van der Waals surface area contributed by atoms with Crippen LogP contribution in [0.2, 0.25) is 0 Å². The summed E-state index contributed by atoms with van der Waals surface area (Å²) in [5, 5.41) is 8.73. The van der Waals surface area contributed by atoms with Crippen molar-refractivity contribution >= 4 is 11.9 Å². The van der Waals surface area contributed by atoms with Gasteiger partial charge in [0.05, 0.1) is 0 Å². The standard InChI is InChI=1S/C8H19N5O2/c1-5(2-3-12-8(9)10)4-6(13-11)7(14)15/h5-6,13H,2-4,11H2,1H3,(H,14,15)(H4,9,10,12)/t5?,6-/m0/s1. The minimum atomic E-state index is -0.953. The second kappa shape index (κ2) is 7.02. The first-order valence-corrected chi connectivity index (χ1v) is 4.71. The number of aliphatic carboxylic acids is 1. The second-order valence-corrected chi connectivity index (χ2v) is 3.49. The highest BCUT2D eigenvalue weighted by Crippen LogP contribution is 2.10. The average Bonchev–Trinajstić information content (AvgIpc) is 2.13. The van der Waals surface area contributed by atoms with Crippen LogP contribution >= 0.6 is 0 Å². The van der Waals surface area contributed by atoms with E-state index in [4.69, 9.17) is 22.4 Å². The lowest BCUT2D eigenvalue weighted by molar-refractivity contribution is -0.140. The van der Waals surface area contributed by atoms with Crippen LogP contribution in [0.1, 0.15) is 19.8 Å². The first-order chi connectivity index (χ1) is 6.97. The third-order valence-corrected chi connectivity index (χ3v) is 2.05. The van der Waals surface area contributed by atoms with Crippen LogP contribution in [0.15, 0.2) is 4.99 Å². The summed E-state index contributed by atoms with van der Waals surface area (Å²) in [4.78, 5) is 14.5. The number of hydrogen-bond donors (Lipinski definition) is 5. The molecule has 0 fully saturated rings. The van der Waals surface area contributed by atoms with E-state index in [-0.39, 0.29) is 11.9 Å². The zero-order valence-electron chi connectivity index (χ0n) is 8.81. The molecule has 0 aromatic rings. The van der Waals surface area contributed by atoms with E-state index in [1.165, 1.54) is 0 Å². The predicted octanol–water partition coefficient (Wildman–Crippen LogP) is -1.41. The maximum absolute atomic E-state index is 10.6. The molecule has 8 N–H and O–H groups in total. The summed E-state index contributed by atoms with van der Waals surface area (Å²) in [6.45, 7) is 2.43. The lowest BCUT2D eigenvalue weighted by Crippen LogP contribution is -2.42. The molecule has 7 nitrogen and oxygen atoms in total. The molecule has 0 heterocycles. The van der Waals surface area contributed by atoms with Crippen molar-refractivity contribution in [2.45, 2.75) is 25.8 Å². The largest absolute Gasteiger partial charge is 0.480 e. The summed E-state index contributed by atoms with van der Waals surface area (Å²) in [7, 11) is 0. The van der Waals surface area contributed by atoms with Gasteiger partial charge in [-0.3, -0.25) is 15.6 Å². The maximum Gasteiger partial charge on any atom is 0.322 e. The normalized spacial score (nSPS) is 14.3. The summed E-state index contributed by atoms with van der Waals surface area (Å²) < 4.78 is 0. The fourth-order valence-corrected chi connectivity index (χ4v) is 1.17. The Kier molecular flexibility index (Phi) is 6.39. The van der Waals surface area contributed by atoms with Crippen LogP contribution in [0.4, 0.5) is 0 Å². The van der Waals surface area contributed by atoms with E-state index >= 15 is 0 Å². The van der Waals surface area contributed by atoms with Crippen molar-refractivity contribution in [1.29, 1.82) is 0 Å². The van der Waals surface area contributed by atoms with E-state index in [1.807, 2.05) is 6.92 Å². The van der Waals surface area contributed by atoms with Crippen LogP contribution in [0.3, 0.4) is 0 Å². The quantitative estimate of drug-likeness (QED) is 0.154. The van der Waals surface area contributed by atoms with Crippen molar-refractivity contribution < 1.29 is 9.90 Å². The SMILES string of the molecule is CC(CCN=C(N)N)C[C@H](NN)C(=O)O. The zero-order valence-corrected chi connectivity index (χ0v) is 8.81. The highest BCUT2D eigenvalue weighted by molar-refractivity contribution is 5.75. The Balaban J connectivity index is 3.86. The number of rotatable bonds is 7. The van der Waals surface area contributed by atoms with Crippen molar-refractivity contribution in [3.8, 4) is 0 Å². The van der Waals surface area contributed by atoms with Crippen LogP contribution in [0.25, 0.3) is 0 Å². The molecule has 0 rings (SSSR count). The molecular weight excluding hydrogens is 198 g/mol. The van der Waals surface area contributed by atoms with Gasteiger partial charge in [-0.15, -0.1) is 0 Å². The second-order valence-electron chi connectivity index (χ2n) is 3.49. The van der Waals surface area contributed by atoms with Gasteiger partial charge in [0.1, 0.15) is 6.04 Å². The maximum atomic E-state index is 10.6. The molecule has 7 heteroatoms. The molecule has 0 aliphatic heterocycles. The van der Waals surface area contributed by atoms with E-state index < -0.39 is 12.0 Å². The van der Waals surface area contributed by atoms with Gasteiger partial charge in [0, 0.05) is 6.54 Å². The molecule has 2 atom stereocenters. The monoisotopic (exact) mass is 217 g/mol. The van der Waals surface area contributed by atoms with Gasteiger partial charge < -0.3 is 16.6 Å². The number of nitrogens with two attached hydrogens (primary N) is 3. The lowest BCUT2D eigenvalue weighted by atomic mass is 9.99. The van der Waals surface area contributed by atoms with Crippen molar-refractivity contribution in [3.05, 3.63) is 0 Å². The number of aliphatic imine (C=N–C) groups is 1. The summed E-state index contributed by atoms with van der Waals surface area (Å²) in [6, 6.07) is -0.723. The fourth-order valence-electron chi connectivity index (χ4n) is 1.17. The van der Waals surface area contributed by atoms with E-state index in [9.17, 15) is 4.79 Å². The van der Waals surface area contributed by atoms with Crippen LogP contribution in [0.5, 0.6) is 0 Å². The number of guanidine groups is 1. The number of carbonyl (C=O) groups is 1. The van der Waals surface area contributed by atoms with Gasteiger partial charge in [-0.2, -0.15) is 0 Å². The molecule has 0 saturated carbocycles. The molecule has 0 aliphatic carbocycles. The Morgan fingerprint density at radius 3 is 2.53 bits per heavy atom. The molecule has 0 radical (unpaired) electrons. The number of nitrogens with one attached hydrogen (secondary N) is 1. The first kappa shape index (κ1) is 13.7. The molecule has 1 unspecified atom stereocenters. The van der Waals surface area contributed by atoms with E-state index in [2.05, 4.69) is 10.4 Å². The van der Waals surface area contributed by atoms with Crippen LogP contribution in [0, 0.1) is 5.92 Å². The Morgan fingerprint density at radius 2 is 2.13 bits per heavy atom. The van der Waals surface area contributed by atoms with Crippen LogP contribution in [-0.2, 0) is 4.79 Å². The fraction of sp³-hybridized carbons (Fsp3) is 0.750. The van der Waals surface area contributed by atoms with Crippen molar-refractivity contribution in [3.63, 3.8) is 0 Å². The van der Waals surface area contributed by atoms with Gasteiger partial charge >= 0.3 is 5.97 Å². The summed E-state index contributed by atoms with van der Waals surface area (Å²) in [5.41, 5.74) is 12.6. The first-order valence-electron chi connectivity index (χ1n) is 4.71. The number of hydrogen-bond acceptors (Lipinski definition) is 4. The van der Waals surface area contributed by atoms with E-state index in [1.54, 1.807) is 0 Å². The Bertz CT molecular complexity index is 227. The number of nitrogens with zero attached hydrogens (tertiary/aromatic N) is 1. The summed E-state index contributed by atoms with van der Waals surface area (Å²) in [5.74, 6) is 4.38. The summed E-state index contributed by atoms with van der Waals surface area (Å²) >= 11 is 0. The minimum absolute atomic E-state index is 0.0499. The van der Waals surface area contributed by atoms with Gasteiger partial charge in [0.25, 0.3) is 0 Å². The molecule has 0 spiro atoms. The predicted molar refractivity (Wildman–Crippen MR) is 57.8 cm³/mol. The molecule has 0 aromatic carbocycles. The molecular formula is C8H19N5O2. The lowest BCUT2D eigenvalue weighted by Gasteiger charge is -2.15. The highest BCUT2D eigenvalue weighted by Gasteiger charge is 2.18. The number of carboxylic acid groups (broad SMARTS) is 1. The third-order valence-electron chi connectivity index (χ3n) is 2.05. The molecule has 88 valence electrons. The molecule has 0 amide bonds. The van der Waals surface area contributed by atoms with Crippen LogP contribution < -0.4 is 22.7 Å². The zero-order chi connectivity index (χ0) is 11.8. The Hall–Kier alpha value is -1.34. The number of carboxylic acids is 1. The van der Waals surface area contributed by atoms with Crippen LogP contribution in [-0.4, -0.2) is 29.6 Å². The molecule has 15 heavy (non-hydrogen) atoms. The minimum Gasteiger partial charge on any atom is -0.480 e. The summed E-state index contributed by atoms with van der Waals surface area (Å²) in [6.07, 6.45) is 1.18. The van der Waals surface area contributed by atoms with Gasteiger partial charge in [0.2, 0.25) is 0 Å². The van der Waals surface area contributed by atoms with E-state index in [0.29, 0.717) is 13.0 Å². The van der Waals surface area contributed by atoms with Crippen molar-refractivity contribution in [1.82, 2.24) is 5.43 Å². The molecule has 0 aliphatic rings. The smallest absolute Gasteiger partial charge is 0.322 e. The van der Waals surface area contributed by atoms with Gasteiger partial charge in [0.15, 0.2) is 5.96 Å². The number of hydrazine groups is 1. The van der Waals surface area contributed by atoms with Gasteiger partial charge in [-0.1, -0.05) is 6.92 Å². The average molecular weight is 217 g/mol. The molecule has 0 saturated heterocycles. The molecule has 0 bridgehead atoms. The Labute approximate surface area is 88.7 Å².